The van der Waals surface area contributed by atoms with Crippen molar-refractivity contribution in [2.24, 2.45) is 0 Å². The van der Waals surface area contributed by atoms with E-state index < -0.39 is 0 Å². The normalized spacial score (nSPS) is 11.9. The maximum Gasteiger partial charge on any atom is 0.0547 e. The molecule has 0 amide bonds. The predicted molar refractivity (Wildman–Crippen MR) is 150 cm³/mol. The first kappa shape index (κ1) is 19.4. The molecular formula is C33H21N3. The van der Waals surface area contributed by atoms with Gasteiger partial charge in [-0.05, 0) is 53.9 Å². The van der Waals surface area contributed by atoms with Gasteiger partial charge >= 0.3 is 0 Å². The maximum atomic E-state index is 4.26. The van der Waals surface area contributed by atoms with E-state index in [0.717, 1.165) is 5.69 Å². The average molecular weight is 460 g/mol. The lowest BCUT2D eigenvalue weighted by atomic mass is 9.98. The zero-order chi connectivity index (χ0) is 23.6. The lowest BCUT2D eigenvalue weighted by Gasteiger charge is -2.09. The van der Waals surface area contributed by atoms with Crippen molar-refractivity contribution in [1.82, 2.24) is 14.1 Å². The second-order valence-corrected chi connectivity index (χ2v) is 9.26. The van der Waals surface area contributed by atoms with Crippen molar-refractivity contribution in [3.63, 3.8) is 0 Å². The van der Waals surface area contributed by atoms with E-state index in [1.165, 1.54) is 60.1 Å². The van der Waals surface area contributed by atoms with Gasteiger partial charge in [0, 0.05) is 50.7 Å². The van der Waals surface area contributed by atoms with Gasteiger partial charge in [-0.25, -0.2) is 0 Å². The van der Waals surface area contributed by atoms with Crippen molar-refractivity contribution >= 4 is 54.4 Å². The molecule has 0 aliphatic heterocycles. The number of hydrogen-bond acceptors (Lipinski definition) is 1. The van der Waals surface area contributed by atoms with Crippen LogP contribution in [0.15, 0.2) is 128 Å². The van der Waals surface area contributed by atoms with Crippen LogP contribution in [0.4, 0.5) is 0 Å². The molecule has 0 saturated carbocycles. The van der Waals surface area contributed by atoms with Gasteiger partial charge in [0.25, 0.3) is 0 Å². The molecule has 0 atom stereocenters. The molecule has 0 aliphatic rings. The Bertz CT molecular complexity index is 1930. The highest BCUT2D eigenvalue weighted by atomic mass is 15.0. The zero-order valence-corrected chi connectivity index (χ0v) is 19.5. The van der Waals surface area contributed by atoms with Gasteiger partial charge in [-0.2, -0.15) is 0 Å². The van der Waals surface area contributed by atoms with Crippen molar-refractivity contribution in [1.29, 1.82) is 0 Å². The monoisotopic (exact) mass is 459 g/mol. The molecule has 0 bridgehead atoms. The van der Waals surface area contributed by atoms with Crippen molar-refractivity contribution in [3.8, 4) is 11.4 Å². The van der Waals surface area contributed by atoms with Gasteiger partial charge < -0.3 is 9.13 Å². The van der Waals surface area contributed by atoms with E-state index in [2.05, 4.69) is 129 Å². The minimum atomic E-state index is 1.12. The van der Waals surface area contributed by atoms with Gasteiger partial charge in [-0.1, -0.05) is 66.7 Å². The van der Waals surface area contributed by atoms with Gasteiger partial charge in [0.2, 0.25) is 0 Å². The SMILES string of the molecule is c1ccc(-n2c3ccccc3c3c4c(ccc32)ccc2c4c3ccccc3n2-c2ccncc2)cc1. The number of pyridine rings is 1. The number of nitrogens with zero attached hydrogens (tertiary/aromatic N) is 3. The van der Waals surface area contributed by atoms with Crippen LogP contribution in [-0.2, 0) is 0 Å². The highest BCUT2D eigenvalue weighted by Gasteiger charge is 2.20. The molecule has 8 rings (SSSR count). The van der Waals surface area contributed by atoms with Crippen LogP contribution in [-0.4, -0.2) is 14.1 Å². The molecular weight excluding hydrogens is 438 g/mol. The first-order valence-electron chi connectivity index (χ1n) is 12.2. The zero-order valence-electron chi connectivity index (χ0n) is 19.5. The smallest absolute Gasteiger partial charge is 0.0547 e. The molecule has 3 heteroatoms. The fraction of sp³-hybridized carbons (Fsp3) is 0. The average Bonchev–Trinajstić information content (AvgIpc) is 3.47. The Labute approximate surface area is 207 Å². The summed E-state index contributed by atoms with van der Waals surface area (Å²) >= 11 is 0. The van der Waals surface area contributed by atoms with Crippen molar-refractivity contribution < 1.29 is 0 Å². The highest BCUT2D eigenvalue weighted by Crippen LogP contribution is 2.43. The molecule has 0 aliphatic carbocycles. The van der Waals surface area contributed by atoms with Crippen LogP contribution in [0.25, 0.3) is 65.8 Å². The molecule has 168 valence electrons. The third-order valence-electron chi connectivity index (χ3n) is 7.39. The van der Waals surface area contributed by atoms with Gasteiger partial charge in [0.15, 0.2) is 0 Å². The molecule has 0 N–H and O–H groups in total. The molecule has 8 aromatic rings. The summed E-state index contributed by atoms with van der Waals surface area (Å²) in [7, 11) is 0. The van der Waals surface area contributed by atoms with E-state index in [9.17, 15) is 0 Å². The summed E-state index contributed by atoms with van der Waals surface area (Å²) in [5.41, 5.74) is 7.15. The van der Waals surface area contributed by atoms with E-state index in [-0.39, 0.29) is 0 Å². The Kier molecular flexibility index (Phi) is 3.94. The molecule has 0 saturated heterocycles. The number of para-hydroxylation sites is 3. The summed E-state index contributed by atoms with van der Waals surface area (Å²) in [6.07, 6.45) is 3.73. The summed E-state index contributed by atoms with van der Waals surface area (Å²) in [6.45, 7) is 0. The van der Waals surface area contributed by atoms with Crippen LogP contribution in [0.2, 0.25) is 0 Å². The summed E-state index contributed by atoms with van der Waals surface area (Å²) in [5, 5.41) is 7.69. The number of benzene rings is 5. The minimum Gasteiger partial charge on any atom is -0.309 e. The first-order valence-corrected chi connectivity index (χ1v) is 12.2. The minimum absolute atomic E-state index is 1.12. The Morgan fingerprint density at radius 2 is 0.889 bits per heavy atom. The van der Waals surface area contributed by atoms with Crippen molar-refractivity contribution in [2.45, 2.75) is 0 Å². The molecule has 3 nitrogen and oxygen atoms in total. The number of fused-ring (bicyclic) bond motifs is 9. The maximum absolute atomic E-state index is 4.26. The standard InChI is InChI=1S/C33H21N3/c1-2-8-23(9-3-1)35-27-12-6-4-10-25(27)32-29(35)16-14-22-15-17-30-33(31(22)32)26-11-5-7-13-28(26)36(30)24-18-20-34-21-19-24/h1-21H. The Morgan fingerprint density at radius 3 is 1.47 bits per heavy atom. The van der Waals surface area contributed by atoms with Gasteiger partial charge in [0.05, 0.1) is 22.1 Å². The van der Waals surface area contributed by atoms with E-state index in [0.29, 0.717) is 0 Å². The van der Waals surface area contributed by atoms with E-state index in [1.807, 2.05) is 12.4 Å². The molecule has 0 spiro atoms. The van der Waals surface area contributed by atoms with Gasteiger partial charge in [-0.15, -0.1) is 0 Å². The van der Waals surface area contributed by atoms with Crippen LogP contribution in [0.5, 0.6) is 0 Å². The first-order chi connectivity index (χ1) is 17.9. The molecule has 36 heavy (non-hydrogen) atoms. The Balaban J connectivity index is 1.65. The second-order valence-electron chi connectivity index (χ2n) is 9.26. The Hall–Kier alpha value is -4.89. The van der Waals surface area contributed by atoms with Crippen LogP contribution >= 0.6 is 0 Å². The second kappa shape index (κ2) is 7.30. The number of rotatable bonds is 2. The van der Waals surface area contributed by atoms with Crippen LogP contribution < -0.4 is 0 Å². The summed E-state index contributed by atoms with van der Waals surface area (Å²) < 4.78 is 4.76. The van der Waals surface area contributed by atoms with Crippen LogP contribution in [0, 0.1) is 0 Å². The summed E-state index contributed by atoms with van der Waals surface area (Å²) in [4.78, 5) is 4.26. The van der Waals surface area contributed by atoms with Gasteiger partial charge in [-0.3, -0.25) is 4.98 Å². The largest absolute Gasteiger partial charge is 0.309 e. The van der Waals surface area contributed by atoms with Gasteiger partial charge in [0.1, 0.15) is 0 Å². The lowest BCUT2D eigenvalue weighted by Crippen LogP contribution is -1.94. The number of aromatic nitrogens is 3. The Morgan fingerprint density at radius 1 is 0.389 bits per heavy atom. The fourth-order valence-corrected chi connectivity index (χ4v) is 5.96. The highest BCUT2D eigenvalue weighted by molar-refractivity contribution is 6.32. The summed E-state index contributed by atoms with van der Waals surface area (Å²) in [6, 6.07) is 41.4. The quantitative estimate of drug-likeness (QED) is 0.254. The van der Waals surface area contributed by atoms with Crippen LogP contribution in [0.3, 0.4) is 0 Å². The fourth-order valence-electron chi connectivity index (χ4n) is 5.96. The van der Waals surface area contributed by atoms with Crippen molar-refractivity contribution in [2.75, 3.05) is 0 Å². The number of hydrogen-bond donors (Lipinski definition) is 0. The molecule has 5 aromatic carbocycles. The van der Waals surface area contributed by atoms with Crippen LogP contribution in [0.1, 0.15) is 0 Å². The molecule has 3 heterocycles. The summed E-state index contributed by atoms with van der Waals surface area (Å²) in [5.74, 6) is 0. The molecule has 0 radical (unpaired) electrons. The van der Waals surface area contributed by atoms with E-state index in [4.69, 9.17) is 0 Å². The molecule has 0 unspecified atom stereocenters. The molecule has 0 fully saturated rings. The van der Waals surface area contributed by atoms with E-state index >= 15 is 0 Å². The molecule has 3 aromatic heterocycles. The topological polar surface area (TPSA) is 22.8 Å². The third-order valence-corrected chi connectivity index (χ3v) is 7.39. The third kappa shape index (κ3) is 2.54. The predicted octanol–water partition coefficient (Wildman–Crippen LogP) is 8.43. The van der Waals surface area contributed by atoms with Crippen molar-refractivity contribution in [3.05, 3.63) is 128 Å². The van der Waals surface area contributed by atoms with E-state index in [1.54, 1.807) is 0 Å². The lowest BCUT2D eigenvalue weighted by molar-refractivity contribution is 1.16.